The summed E-state index contributed by atoms with van der Waals surface area (Å²) in [4.78, 5) is 0. The fourth-order valence-corrected chi connectivity index (χ4v) is 2260. The van der Waals surface area contributed by atoms with Gasteiger partial charge in [0.1, 0.15) is 0 Å². The van der Waals surface area contributed by atoms with E-state index in [0.29, 0.717) is 0 Å². The van der Waals surface area contributed by atoms with Crippen molar-refractivity contribution in [1.82, 2.24) is 0 Å². The summed E-state index contributed by atoms with van der Waals surface area (Å²) < 4.78 is 11.3. The van der Waals surface area contributed by atoms with Crippen LogP contribution in [-0.4, -0.2) is 41.9 Å². The number of hydrogen-bond donors (Lipinski definition) is 0. The minimum absolute atomic E-state index is 1.41. The second-order valence-corrected chi connectivity index (χ2v) is 306. The molecule has 296 valence electrons. The molecule has 0 amide bonds. The van der Waals surface area contributed by atoms with Crippen molar-refractivity contribution in [3.05, 3.63) is 287 Å². The van der Waals surface area contributed by atoms with Crippen molar-refractivity contribution < 1.29 is 0 Å². The molecule has 1 heterocycles. The first-order valence-corrected chi connectivity index (χ1v) is 82.1. The number of rotatable bonds is 16. The van der Waals surface area contributed by atoms with E-state index >= 15 is 0 Å². The van der Waals surface area contributed by atoms with Crippen LogP contribution >= 0.6 is 0 Å². The third-order valence-electron chi connectivity index (χ3n) is 14.5. The summed E-state index contributed by atoms with van der Waals surface area (Å²) >= 11 is 0. The van der Waals surface area contributed by atoms with Crippen molar-refractivity contribution in [2.75, 3.05) is 0 Å². The van der Waals surface area contributed by atoms with E-state index in [0.717, 1.165) is 0 Å². The maximum atomic E-state index is 2.55. The molecule has 1 fully saturated rings. The van der Waals surface area contributed by atoms with E-state index in [4.69, 9.17) is 0 Å². The van der Waals surface area contributed by atoms with Crippen LogP contribution in [0.5, 0.6) is 0 Å². The SMILES string of the molecule is c1ccc([CH2][Sn]2([CH2]c3ccccc3)[Sn]([CH2]c3ccccc3)([CH2]c3ccccc3)[Sn]([CH2]c3ccccc3)([CH2]c3ccccc3)[Sn]2([CH2]c2ccccc2)[CH2]c2ccccc2)cc1. The Labute approximate surface area is 359 Å². The van der Waals surface area contributed by atoms with Crippen LogP contribution in [0.25, 0.3) is 0 Å². The Morgan fingerprint density at radius 3 is 0.350 bits per heavy atom. The molecule has 9 rings (SSSR count). The molecule has 0 nitrogen and oxygen atoms in total. The van der Waals surface area contributed by atoms with Crippen LogP contribution in [0.4, 0.5) is 0 Å². The van der Waals surface area contributed by atoms with Gasteiger partial charge in [-0.15, -0.1) is 0 Å². The Bertz CT molecular complexity index is 1970. The molecule has 0 N–H and O–H groups in total. The van der Waals surface area contributed by atoms with Gasteiger partial charge in [-0.25, -0.2) is 0 Å². The molecular weight excluding hydrogens is 1150 g/mol. The van der Waals surface area contributed by atoms with Gasteiger partial charge in [-0.05, 0) is 0 Å². The molecule has 0 atom stereocenters. The Balaban J connectivity index is 1.47. The van der Waals surface area contributed by atoms with E-state index in [1.165, 1.54) is 35.5 Å². The second kappa shape index (κ2) is 19.6. The Morgan fingerprint density at radius 1 is 0.150 bits per heavy atom. The Kier molecular flexibility index (Phi) is 13.8. The summed E-state index contributed by atoms with van der Waals surface area (Å²) in [6.07, 6.45) is 0. The van der Waals surface area contributed by atoms with Crippen molar-refractivity contribution in [3.63, 3.8) is 0 Å². The fourth-order valence-electron chi connectivity index (χ4n) is 12.3. The maximum absolute atomic E-state index is 3.54. The normalized spacial score (nSPS) is 15.7. The van der Waals surface area contributed by atoms with Gasteiger partial charge in [0.05, 0.1) is 0 Å². The quantitative estimate of drug-likeness (QED) is 0.0846. The van der Waals surface area contributed by atoms with Gasteiger partial charge >= 0.3 is 365 Å². The van der Waals surface area contributed by atoms with E-state index in [1.54, 1.807) is 44.5 Å². The number of hydrogen-bond acceptors (Lipinski definition) is 0. The van der Waals surface area contributed by atoms with Gasteiger partial charge in [-0.2, -0.15) is 0 Å². The topological polar surface area (TPSA) is 0 Å². The molecule has 0 aliphatic carbocycles. The third kappa shape index (κ3) is 8.53. The van der Waals surface area contributed by atoms with Gasteiger partial charge in [0, 0.05) is 0 Å². The standard InChI is InChI=1S/8C7H7.4Sn/c8*1-7-5-3-2-4-6-7;;;;/h8*2-6H,1H2;;;;. The van der Waals surface area contributed by atoms with E-state index in [2.05, 4.69) is 243 Å². The third-order valence-corrected chi connectivity index (χ3v) is 1110. The molecule has 0 unspecified atom stereocenters. The van der Waals surface area contributed by atoms with Crippen molar-refractivity contribution in [2.24, 2.45) is 0 Å². The van der Waals surface area contributed by atoms with Crippen molar-refractivity contribution >= 4 is 41.9 Å². The molecule has 4 heteroatoms. The zero-order valence-corrected chi connectivity index (χ0v) is 46.2. The monoisotopic (exact) mass is 1210 g/mol. The van der Waals surface area contributed by atoms with Crippen molar-refractivity contribution in [2.45, 2.75) is 35.5 Å². The van der Waals surface area contributed by atoms with Crippen LogP contribution in [0, 0.1) is 0 Å². The van der Waals surface area contributed by atoms with Crippen molar-refractivity contribution in [3.8, 4) is 0 Å². The van der Waals surface area contributed by atoms with Gasteiger partial charge in [0.15, 0.2) is 0 Å². The summed E-state index contributed by atoms with van der Waals surface area (Å²) in [5.74, 6) is 0. The first-order chi connectivity index (χ1) is 29.6. The summed E-state index contributed by atoms with van der Waals surface area (Å²) in [6.45, 7) is 0. The van der Waals surface area contributed by atoms with Gasteiger partial charge < -0.3 is 0 Å². The van der Waals surface area contributed by atoms with E-state index in [1.807, 2.05) is 0 Å². The molecular formula is C56H56Sn4. The minimum atomic E-state index is -3.54. The summed E-state index contributed by atoms with van der Waals surface area (Å²) in [6, 6.07) is 96.6. The van der Waals surface area contributed by atoms with E-state index in [-0.39, 0.29) is 0 Å². The molecule has 0 saturated carbocycles. The molecule has 0 spiro atoms. The number of benzene rings is 8. The molecule has 60 heavy (non-hydrogen) atoms. The van der Waals surface area contributed by atoms with E-state index < -0.39 is 41.9 Å². The second-order valence-electron chi connectivity index (χ2n) is 17.6. The fraction of sp³-hybridized carbons (Fsp3) is 0.143. The van der Waals surface area contributed by atoms with Gasteiger partial charge in [0.2, 0.25) is 0 Å². The molecule has 1 saturated heterocycles. The molecule has 8 aromatic carbocycles. The van der Waals surface area contributed by atoms with E-state index in [9.17, 15) is 0 Å². The first-order valence-electron chi connectivity index (χ1n) is 21.9. The molecule has 0 radical (unpaired) electrons. The zero-order chi connectivity index (χ0) is 40.6. The molecule has 1 aliphatic rings. The average Bonchev–Trinajstić information content (AvgIpc) is 3.31. The van der Waals surface area contributed by atoms with Crippen LogP contribution < -0.4 is 0 Å². The Hall–Kier alpha value is -3.05. The summed E-state index contributed by atoms with van der Waals surface area (Å²) in [5.41, 5.74) is 13.2. The van der Waals surface area contributed by atoms with Crippen LogP contribution in [0.1, 0.15) is 44.5 Å². The Morgan fingerprint density at radius 2 is 0.250 bits per heavy atom. The van der Waals surface area contributed by atoms with Crippen LogP contribution in [0.15, 0.2) is 243 Å². The predicted octanol–water partition coefficient (Wildman–Crippen LogP) is 12.4. The van der Waals surface area contributed by atoms with Crippen LogP contribution in [-0.2, 0) is 35.5 Å². The molecule has 8 aromatic rings. The predicted molar refractivity (Wildman–Crippen MR) is 264 cm³/mol. The van der Waals surface area contributed by atoms with Crippen LogP contribution in [0.3, 0.4) is 0 Å². The molecule has 0 aromatic heterocycles. The van der Waals surface area contributed by atoms with Crippen molar-refractivity contribution in [1.29, 1.82) is 0 Å². The molecule has 1 aliphatic heterocycles. The van der Waals surface area contributed by atoms with Gasteiger partial charge in [-0.3, -0.25) is 0 Å². The average molecular weight is 1200 g/mol. The summed E-state index contributed by atoms with van der Waals surface area (Å²) in [5, 5.41) is 0. The first kappa shape index (κ1) is 42.3. The summed E-state index contributed by atoms with van der Waals surface area (Å²) in [7, 11) is -14.2. The van der Waals surface area contributed by atoms with Gasteiger partial charge in [-0.1, -0.05) is 0 Å². The molecule has 0 bridgehead atoms. The van der Waals surface area contributed by atoms with Crippen LogP contribution in [0.2, 0.25) is 0 Å². The zero-order valence-electron chi connectivity index (χ0n) is 34.8. The van der Waals surface area contributed by atoms with Gasteiger partial charge in [0.25, 0.3) is 0 Å².